The summed E-state index contributed by atoms with van der Waals surface area (Å²) < 4.78 is 11.5. The average molecular weight is 460 g/mol. The van der Waals surface area contributed by atoms with E-state index >= 15 is 0 Å². The first kappa shape index (κ1) is 23.2. The second-order valence-corrected chi connectivity index (χ2v) is 9.15. The summed E-state index contributed by atoms with van der Waals surface area (Å²) in [5.41, 5.74) is 1.93. The molecule has 8 heteroatoms. The number of halogens is 1. The van der Waals surface area contributed by atoms with Gasteiger partial charge in [0.1, 0.15) is 16.9 Å². The van der Waals surface area contributed by atoms with Crippen molar-refractivity contribution in [1.29, 1.82) is 0 Å². The fraction of sp³-hybridized carbons (Fsp3) is 0.348. The Morgan fingerprint density at radius 2 is 2.26 bits per heavy atom. The van der Waals surface area contributed by atoms with Gasteiger partial charge in [-0.15, -0.1) is 11.3 Å². The number of rotatable bonds is 8. The minimum absolute atomic E-state index is 0.0202. The number of ether oxygens (including phenoxy) is 2. The lowest BCUT2D eigenvalue weighted by molar-refractivity contribution is 0.0944. The fourth-order valence-electron chi connectivity index (χ4n) is 3.10. The van der Waals surface area contributed by atoms with E-state index in [0.717, 1.165) is 21.9 Å². The Hall–Kier alpha value is -2.48. The van der Waals surface area contributed by atoms with Crippen molar-refractivity contribution in [3.63, 3.8) is 0 Å². The van der Waals surface area contributed by atoms with E-state index in [9.17, 15) is 4.79 Å². The minimum Gasteiger partial charge on any atom is -0.488 e. The molecule has 1 N–H and O–H groups in total. The van der Waals surface area contributed by atoms with E-state index in [4.69, 9.17) is 21.1 Å². The number of allylic oxidation sites excluding steroid dienone is 3. The van der Waals surface area contributed by atoms with Crippen molar-refractivity contribution >= 4 is 35.6 Å². The molecule has 0 bridgehead atoms. The van der Waals surface area contributed by atoms with E-state index in [1.165, 1.54) is 0 Å². The van der Waals surface area contributed by atoms with E-state index in [1.807, 2.05) is 32.2 Å². The summed E-state index contributed by atoms with van der Waals surface area (Å²) in [5.74, 6) is 0.383. The molecule has 1 aromatic carbocycles. The number of carbonyl (C=O) groups is 1. The minimum atomic E-state index is -0.351. The molecule has 6 nitrogen and oxygen atoms in total. The van der Waals surface area contributed by atoms with Gasteiger partial charge in [-0.05, 0) is 57.8 Å². The molecular weight excluding hydrogens is 434 g/mol. The van der Waals surface area contributed by atoms with Gasteiger partial charge < -0.3 is 14.8 Å². The van der Waals surface area contributed by atoms with Crippen molar-refractivity contribution in [1.82, 2.24) is 10.3 Å². The van der Waals surface area contributed by atoms with Crippen LogP contribution < -0.4 is 10.1 Å². The molecule has 0 saturated carbocycles. The number of aromatic nitrogens is 1. The number of hydrogen-bond acceptors (Lipinski definition) is 6. The molecule has 1 aliphatic heterocycles. The number of aliphatic imine (C=N–C) groups is 1. The Balaban J connectivity index is 1.87. The maximum absolute atomic E-state index is 13.1. The number of thiazole rings is 1. The molecule has 2 heterocycles. The number of amides is 1. The number of benzene rings is 1. The Kier molecular flexibility index (Phi) is 8.01. The third kappa shape index (κ3) is 6.50. The Bertz CT molecular complexity index is 1010. The number of aryl methyl sites for hydroxylation is 1. The van der Waals surface area contributed by atoms with Crippen LogP contribution in [0.25, 0.3) is 10.6 Å². The highest BCUT2D eigenvalue weighted by Crippen LogP contribution is 2.30. The van der Waals surface area contributed by atoms with Crippen molar-refractivity contribution in [3.8, 4) is 16.3 Å². The zero-order valence-corrected chi connectivity index (χ0v) is 19.4. The summed E-state index contributed by atoms with van der Waals surface area (Å²) in [5, 5.41) is 4.42. The first-order valence-electron chi connectivity index (χ1n) is 9.99. The molecule has 1 amide bonds. The standard InChI is InChI=1S/C23H26ClN3O3S/c1-14(24)5-6-21(25-4)16(3)27-22(28)17-9-18(23-26-12-15(2)31-23)11-20(10-17)30-19-7-8-29-13-19/h5-6,9-12,16,19H,4,7-8,13H2,1-3H3,(H,27,28)/b14-5+,21-6-/t16-,19-/m1/s1. The number of carbonyl (C=O) groups excluding carboxylic acids is 1. The van der Waals surface area contributed by atoms with Gasteiger partial charge >= 0.3 is 0 Å². The zero-order chi connectivity index (χ0) is 22.4. The number of hydrogen-bond donors (Lipinski definition) is 1. The summed E-state index contributed by atoms with van der Waals surface area (Å²) in [7, 11) is 0. The van der Waals surface area contributed by atoms with Crippen LogP contribution in [-0.4, -0.2) is 43.0 Å². The predicted octanol–water partition coefficient (Wildman–Crippen LogP) is 5.13. The van der Waals surface area contributed by atoms with E-state index in [2.05, 4.69) is 22.0 Å². The molecule has 0 aliphatic carbocycles. The molecule has 31 heavy (non-hydrogen) atoms. The van der Waals surface area contributed by atoms with Gasteiger partial charge in [0.15, 0.2) is 0 Å². The van der Waals surface area contributed by atoms with Crippen molar-refractivity contribution in [2.24, 2.45) is 4.99 Å². The van der Waals surface area contributed by atoms with Crippen LogP contribution in [0.3, 0.4) is 0 Å². The maximum Gasteiger partial charge on any atom is 0.251 e. The Morgan fingerprint density at radius 1 is 1.45 bits per heavy atom. The van der Waals surface area contributed by atoms with Gasteiger partial charge in [0.2, 0.25) is 0 Å². The molecule has 1 aromatic heterocycles. The second-order valence-electron chi connectivity index (χ2n) is 7.32. The molecule has 2 aromatic rings. The van der Waals surface area contributed by atoms with Crippen molar-refractivity contribution in [3.05, 3.63) is 57.7 Å². The molecule has 1 aliphatic rings. The van der Waals surface area contributed by atoms with Crippen LogP contribution in [0.2, 0.25) is 0 Å². The van der Waals surface area contributed by atoms with Crippen molar-refractivity contribution in [2.75, 3.05) is 13.2 Å². The van der Waals surface area contributed by atoms with Crippen LogP contribution in [-0.2, 0) is 4.74 Å². The van der Waals surface area contributed by atoms with Crippen LogP contribution in [0.4, 0.5) is 0 Å². The summed E-state index contributed by atoms with van der Waals surface area (Å²) in [6.45, 7) is 10.4. The van der Waals surface area contributed by atoms with Gasteiger partial charge in [-0.2, -0.15) is 0 Å². The van der Waals surface area contributed by atoms with Crippen LogP contribution >= 0.6 is 22.9 Å². The predicted molar refractivity (Wildman–Crippen MR) is 126 cm³/mol. The van der Waals surface area contributed by atoms with E-state index in [0.29, 0.717) is 35.3 Å². The Labute approximate surface area is 191 Å². The number of nitrogens with zero attached hydrogens (tertiary/aromatic N) is 2. The molecule has 164 valence electrons. The lowest BCUT2D eigenvalue weighted by atomic mass is 10.1. The molecule has 1 fully saturated rings. The van der Waals surface area contributed by atoms with Crippen LogP contribution in [0.5, 0.6) is 5.75 Å². The van der Waals surface area contributed by atoms with Crippen molar-refractivity contribution in [2.45, 2.75) is 39.3 Å². The van der Waals surface area contributed by atoms with Gasteiger partial charge in [-0.1, -0.05) is 11.6 Å². The topological polar surface area (TPSA) is 72.8 Å². The average Bonchev–Trinajstić information content (AvgIpc) is 3.39. The fourth-order valence-corrected chi connectivity index (χ4v) is 3.91. The largest absolute Gasteiger partial charge is 0.488 e. The third-order valence-electron chi connectivity index (χ3n) is 4.69. The monoisotopic (exact) mass is 459 g/mol. The van der Waals surface area contributed by atoms with E-state index in [1.54, 1.807) is 36.5 Å². The SMILES string of the molecule is C=N/C(=C\C=C(/C)Cl)[C@@H](C)NC(=O)c1cc(O[C@@H]2CCOC2)cc(-c2ncc(C)s2)c1. The first-order chi connectivity index (χ1) is 14.9. The molecule has 3 rings (SSSR count). The summed E-state index contributed by atoms with van der Waals surface area (Å²) in [4.78, 5) is 22.6. The first-order valence-corrected chi connectivity index (χ1v) is 11.2. The lowest BCUT2D eigenvalue weighted by Crippen LogP contribution is -2.33. The molecule has 0 radical (unpaired) electrons. The van der Waals surface area contributed by atoms with Gasteiger partial charge in [0, 0.05) is 33.7 Å². The Morgan fingerprint density at radius 3 is 2.87 bits per heavy atom. The van der Waals surface area contributed by atoms with Crippen LogP contribution in [0, 0.1) is 6.92 Å². The molecule has 0 spiro atoms. The molecule has 1 saturated heterocycles. The molecule has 0 unspecified atom stereocenters. The lowest BCUT2D eigenvalue weighted by Gasteiger charge is -2.17. The summed E-state index contributed by atoms with van der Waals surface area (Å²) in [6, 6.07) is 5.14. The van der Waals surface area contributed by atoms with Crippen LogP contribution in [0.15, 0.2) is 52.3 Å². The number of nitrogens with one attached hydrogen (secondary N) is 1. The van der Waals surface area contributed by atoms with Crippen LogP contribution in [0.1, 0.15) is 35.5 Å². The van der Waals surface area contributed by atoms with Gasteiger partial charge in [-0.25, -0.2) is 4.98 Å². The quantitative estimate of drug-likeness (QED) is 0.438. The van der Waals surface area contributed by atoms with Gasteiger partial charge in [0.25, 0.3) is 5.91 Å². The van der Waals surface area contributed by atoms with Crippen molar-refractivity contribution < 1.29 is 14.3 Å². The molecule has 2 atom stereocenters. The highest BCUT2D eigenvalue weighted by atomic mass is 35.5. The summed E-state index contributed by atoms with van der Waals surface area (Å²) >= 11 is 7.46. The summed E-state index contributed by atoms with van der Waals surface area (Å²) in [6.07, 6.45) is 6.08. The highest BCUT2D eigenvalue weighted by Gasteiger charge is 2.20. The maximum atomic E-state index is 13.1. The smallest absolute Gasteiger partial charge is 0.251 e. The van der Waals surface area contributed by atoms with E-state index < -0.39 is 0 Å². The third-order valence-corrected chi connectivity index (χ3v) is 5.77. The van der Waals surface area contributed by atoms with E-state index in [-0.39, 0.29) is 18.1 Å². The normalized spacial score (nSPS) is 18.0. The molecular formula is C23H26ClN3O3S. The van der Waals surface area contributed by atoms with Gasteiger partial charge in [-0.3, -0.25) is 9.79 Å². The zero-order valence-electron chi connectivity index (χ0n) is 17.9. The van der Waals surface area contributed by atoms with Gasteiger partial charge in [0.05, 0.1) is 25.0 Å². The second kappa shape index (κ2) is 10.7. The highest BCUT2D eigenvalue weighted by molar-refractivity contribution is 7.14.